The fourth-order valence-electron chi connectivity index (χ4n) is 13.2. The summed E-state index contributed by atoms with van der Waals surface area (Å²) in [5, 5.41) is 14.5. The minimum absolute atomic E-state index is 0.00239. The number of carbonyl (C=O) groups excluding carboxylic acids is 12. The molecule has 0 radical (unpaired) electrons. The number of aromatic nitrogens is 1. The first-order valence-electron chi connectivity index (χ1n) is 33.0. The molecular formula is C67H94N12O16. The summed E-state index contributed by atoms with van der Waals surface area (Å²) in [6.45, 7) is 21.3. The summed E-state index contributed by atoms with van der Waals surface area (Å²) in [6.07, 6.45) is 0.281. The number of likely N-dealkylation sites (N-methyl/N-ethyl adjacent to an activating group) is 4. The lowest BCUT2D eigenvalue weighted by atomic mass is 9.98. The summed E-state index contributed by atoms with van der Waals surface area (Å²) in [5.41, 5.74) is 0.497. The maximum absolute atomic E-state index is 15.8. The van der Waals surface area contributed by atoms with Gasteiger partial charge in [-0.1, -0.05) is 74.8 Å². The van der Waals surface area contributed by atoms with E-state index in [0.717, 1.165) is 6.42 Å². The van der Waals surface area contributed by atoms with E-state index >= 15 is 19.2 Å². The van der Waals surface area contributed by atoms with Gasteiger partial charge in [-0.2, -0.15) is 0 Å². The van der Waals surface area contributed by atoms with Crippen LogP contribution in [-0.2, 0) is 63.8 Å². The predicted molar refractivity (Wildman–Crippen MR) is 347 cm³/mol. The number of cyclic esters (lactones) is 2. The SMILES string of the molecule is CCCCc1nc2c(C(=O)N[C@@H]3C(=O)N[C@H](C(C)C)C(=O)N4CCC[C@H]4C(=O)N(C)CC(=O)N(C)[C@@H](C(C)C)C(=O)O[C@@H]3C)c3c(c(C)c2o1)Oc1c(C)ccc(C(=O)N[C@@H]2C(=O)N[C@H](C(C)C)C(=O)N4CCC[C@H]4C(=O)N(C)CC(=O)N(C)[C@@H](C(C)C)C(=O)O[C@@H]2C)c1N3. The number of esters is 2. The number of hydrogen-bond donors (Lipinski definition) is 5. The first kappa shape index (κ1) is 72.0. The molecule has 1 aromatic heterocycles. The molecule has 0 unspecified atom stereocenters. The van der Waals surface area contributed by atoms with E-state index < -0.39 is 168 Å². The molecule has 0 bridgehead atoms. The number of amides is 10. The van der Waals surface area contributed by atoms with Crippen LogP contribution in [0.1, 0.15) is 152 Å². The third-order valence-corrected chi connectivity index (χ3v) is 18.7. The fraction of sp³-hybridized carbons (Fsp3) is 0.627. The topological polar surface area (TPSA) is 338 Å². The second kappa shape index (κ2) is 29.4. The van der Waals surface area contributed by atoms with Gasteiger partial charge in [0.1, 0.15) is 66.1 Å². The summed E-state index contributed by atoms with van der Waals surface area (Å²) in [4.78, 5) is 188. The van der Waals surface area contributed by atoms with Gasteiger partial charge in [-0.15, -0.1) is 0 Å². The van der Waals surface area contributed by atoms with Crippen LogP contribution < -0.4 is 31.3 Å². The lowest BCUT2D eigenvalue weighted by Gasteiger charge is -2.36. The molecule has 95 heavy (non-hydrogen) atoms. The molecule has 4 saturated heterocycles. The third-order valence-electron chi connectivity index (χ3n) is 18.7. The molecule has 2 aromatic carbocycles. The highest BCUT2D eigenvalue weighted by molar-refractivity contribution is 6.15. The predicted octanol–water partition coefficient (Wildman–Crippen LogP) is 3.87. The van der Waals surface area contributed by atoms with E-state index in [0.29, 0.717) is 49.7 Å². The Morgan fingerprint density at radius 3 is 1.53 bits per heavy atom. The molecule has 0 spiro atoms. The van der Waals surface area contributed by atoms with Gasteiger partial charge >= 0.3 is 11.9 Å². The van der Waals surface area contributed by atoms with Gasteiger partial charge in [0.05, 0.1) is 35.6 Å². The molecule has 6 heterocycles. The number of hydrogen-bond acceptors (Lipinski definition) is 18. The Balaban J connectivity index is 1.21. The average molecular weight is 1320 g/mol. The van der Waals surface area contributed by atoms with Crippen molar-refractivity contribution in [2.24, 2.45) is 23.7 Å². The van der Waals surface area contributed by atoms with Crippen molar-refractivity contribution >= 4 is 93.5 Å². The number of fused-ring (bicyclic) bond motifs is 5. The number of unbranched alkanes of at least 4 members (excludes halogenated alkanes) is 1. The van der Waals surface area contributed by atoms with Gasteiger partial charge < -0.3 is 74.6 Å². The molecule has 5 N–H and O–H groups in total. The molecule has 5 aliphatic heterocycles. The minimum atomic E-state index is -1.79. The number of aryl methyl sites for hydroxylation is 3. The molecule has 28 heteroatoms. The Kier molecular flexibility index (Phi) is 22.3. The number of carbonyl (C=O) groups is 12. The highest BCUT2D eigenvalue weighted by Gasteiger charge is 2.47. The monoisotopic (exact) mass is 1320 g/mol. The van der Waals surface area contributed by atoms with Crippen molar-refractivity contribution in [3.8, 4) is 11.5 Å². The Labute approximate surface area is 553 Å². The second-order valence-corrected chi connectivity index (χ2v) is 27.3. The lowest BCUT2D eigenvalue weighted by molar-refractivity contribution is -0.163. The molecule has 5 aliphatic rings. The van der Waals surface area contributed by atoms with Crippen LogP contribution >= 0.6 is 0 Å². The normalized spacial score (nSPS) is 25.7. The lowest BCUT2D eigenvalue weighted by Crippen LogP contribution is -2.61. The summed E-state index contributed by atoms with van der Waals surface area (Å²) in [7, 11) is 5.69. The summed E-state index contributed by atoms with van der Waals surface area (Å²) >= 11 is 0. The van der Waals surface area contributed by atoms with Crippen molar-refractivity contribution < 1.29 is 76.2 Å². The van der Waals surface area contributed by atoms with E-state index in [2.05, 4.69) is 26.6 Å². The number of oxazole rings is 1. The standard InChI is InChI=1S/C67H94N12O16/c1-18-19-24-42-68-51-45(59(83)73-49-38(13)93-67(91)54(34(8)9)77(17)44(81)30-75(15)63(87)41-23-21-28-79(41)65(89)47(32(4)5)71-61(49)85)52-57(36(11)56(51)94-42)95-55-35(10)25-26-39(50(55)69-52)58(82)72-48-37(12)92-66(90)53(33(6)7)76(16)43(80)29-74(14)62(86)40-22-20-27-78(40)64(88)46(31(2)3)70-60(48)84/h25-26,31-34,37-38,40-41,46-49,53-54,69H,18-24,27-30H2,1-17H3,(H,70,84)(H,71,85)(H,72,82)(H,73,83)/t37-,38-,40+,41+,46-,47-,48+,49+,53+,54+/m1/s1. The van der Waals surface area contributed by atoms with Crippen LogP contribution in [-0.4, -0.2) is 220 Å². The summed E-state index contributed by atoms with van der Waals surface area (Å²) in [6, 6.07) is -7.39. The smallest absolute Gasteiger partial charge is 0.329 e. The van der Waals surface area contributed by atoms with Gasteiger partial charge in [-0.25, -0.2) is 14.6 Å². The maximum atomic E-state index is 15.8. The van der Waals surface area contributed by atoms with Gasteiger partial charge in [0, 0.05) is 53.3 Å². The zero-order valence-corrected chi connectivity index (χ0v) is 57.7. The van der Waals surface area contributed by atoms with Crippen molar-refractivity contribution in [2.75, 3.05) is 59.7 Å². The Bertz CT molecular complexity index is 3550. The number of rotatable bonds is 11. The third kappa shape index (κ3) is 14.7. The van der Waals surface area contributed by atoms with Crippen molar-refractivity contribution in [1.82, 2.24) is 55.7 Å². The first-order chi connectivity index (χ1) is 44.7. The highest BCUT2D eigenvalue weighted by Crippen LogP contribution is 2.51. The van der Waals surface area contributed by atoms with Crippen LogP contribution in [0.25, 0.3) is 11.1 Å². The molecule has 10 amide bonds. The van der Waals surface area contributed by atoms with Gasteiger partial charge in [0.25, 0.3) is 11.8 Å². The molecule has 8 rings (SSSR count). The molecule has 3 aromatic rings. The Hall–Kier alpha value is -8.85. The molecule has 10 atom stereocenters. The fourth-order valence-corrected chi connectivity index (χ4v) is 13.2. The quantitative estimate of drug-likeness (QED) is 0.133. The molecular weight excluding hydrogens is 1230 g/mol. The number of ether oxygens (including phenoxy) is 3. The Morgan fingerprint density at radius 2 is 1.08 bits per heavy atom. The van der Waals surface area contributed by atoms with E-state index in [1.54, 1.807) is 75.3 Å². The van der Waals surface area contributed by atoms with Crippen molar-refractivity contribution in [1.29, 1.82) is 0 Å². The largest absolute Gasteiger partial charge is 0.458 e. The first-order valence-corrected chi connectivity index (χ1v) is 33.0. The van der Waals surface area contributed by atoms with Crippen molar-refractivity contribution in [3.63, 3.8) is 0 Å². The zero-order valence-electron chi connectivity index (χ0n) is 57.7. The van der Waals surface area contributed by atoms with Crippen LogP contribution in [0.4, 0.5) is 11.4 Å². The molecule has 0 saturated carbocycles. The van der Waals surface area contributed by atoms with E-state index in [1.807, 2.05) is 6.92 Å². The average Bonchev–Trinajstić information content (AvgIpc) is 1.72. The van der Waals surface area contributed by atoms with E-state index in [-0.39, 0.29) is 64.1 Å². The molecule has 518 valence electrons. The van der Waals surface area contributed by atoms with Gasteiger partial charge in [-0.3, -0.25) is 47.9 Å². The van der Waals surface area contributed by atoms with Crippen LogP contribution in [0, 0.1) is 37.5 Å². The maximum Gasteiger partial charge on any atom is 0.329 e. The van der Waals surface area contributed by atoms with Crippen molar-refractivity contribution in [2.45, 2.75) is 195 Å². The van der Waals surface area contributed by atoms with Gasteiger partial charge in [0.15, 0.2) is 23.0 Å². The second-order valence-electron chi connectivity index (χ2n) is 27.3. The van der Waals surface area contributed by atoms with E-state index in [4.69, 9.17) is 23.6 Å². The van der Waals surface area contributed by atoms with Crippen LogP contribution in [0.15, 0.2) is 16.5 Å². The van der Waals surface area contributed by atoms with Crippen LogP contribution in [0.3, 0.4) is 0 Å². The number of anilines is 2. The molecule has 28 nitrogen and oxygen atoms in total. The van der Waals surface area contributed by atoms with Gasteiger partial charge in [-0.05, 0) is 95.1 Å². The number of nitrogens with one attached hydrogen (secondary N) is 5. The van der Waals surface area contributed by atoms with Crippen LogP contribution in [0.2, 0.25) is 0 Å². The number of nitrogens with zero attached hydrogens (tertiary/aromatic N) is 7. The van der Waals surface area contributed by atoms with Crippen molar-refractivity contribution in [3.05, 3.63) is 40.3 Å². The minimum Gasteiger partial charge on any atom is -0.458 e. The van der Waals surface area contributed by atoms with E-state index in [1.165, 1.54) is 77.5 Å². The Morgan fingerprint density at radius 1 is 0.621 bits per heavy atom. The molecule has 0 aliphatic carbocycles. The highest BCUT2D eigenvalue weighted by atomic mass is 16.6. The molecule has 4 fully saturated rings. The summed E-state index contributed by atoms with van der Waals surface area (Å²) in [5.74, 6) is -10.9. The van der Waals surface area contributed by atoms with E-state index in [9.17, 15) is 38.4 Å². The van der Waals surface area contributed by atoms with Crippen LogP contribution in [0.5, 0.6) is 11.5 Å². The zero-order chi connectivity index (χ0) is 70.1. The number of benzene rings is 2. The summed E-state index contributed by atoms with van der Waals surface area (Å²) < 4.78 is 25.3. The van der Waals surface area contributed by atoms with Gasteiger partial charge in [0.2, 0.25) is 47.3 Å².